The number of amides is 1. The quantitative estimate of drug-likeness (QED) is 0.698. The van der Waals surface area contributed by atoms with Crippen molar-refractivity contribution in [1.82, 2.24) is 10.1 Å². The molecule has 1 heterocycles. The Morgan fingerprint density at radius 3 is 2.93 bits per heavy atom. The highest BCUT2D eigenvalue weighted by Crippen LogP contribution is 2.32. The van der Waals surface area contributed by atoms with Crippen molar-refractivity contribution in [2.45, 2.75) is 19.8 Å². The molecule has 15 heavy (non-hydrogen) atoms. The summed E-state index contributed by atoms with van der Waals surface area (Å²) in [5, 5.41) is 3.67. The van der Waals surface area contributed by atoms with Gasteiger partial charge >= 0.3 is 6.01 Å². The highest BCUT2D eigenvalue weighted by Gasteiger charge is 2.35. The van der Waals surface area contributed by atoms with Crippen LogP contribution in [-0.4, -0.2) is 22.6 Å². The number of aryl methyl sites for hydroxylation is 1. The third-order valence-corrected chi connectivity index (χ3v) is 2.25. The number of nitrogens with zero attached hydrogens (tertiary/aromatic N) is 3. The maximum atomic E-state index is 11.9. The van der Waals surface area contributed by atoms with E-state index in [4.69, 9.17) is 4.52 Å². The van der Waals surface area contributed by atoms with Gasteiger partial charge in [0, 0.05) is 12.5 Å². The minimum absolute atomic E-state index is 0.0542. The zero-order chi connectivity index (χ0) is 10.8. The van der Waals surface area contributed by atoms with E-state index in [2.05, 4.69) is 16.7 Å². The van der Waals surface area contributed by atoms with E-state index in [9.17, 15) is 4.79 Å². The van der Waals surface area contributed by atoms with Gasteiger partial charge in [0.15, 0.2) is 5.82 Å². The van der Waals surface area contributed by atoms with Gasteiger partial charge in [-0.2, -0.15) is 4.98 Å². The molecule has 0 aliphatic heterocycles. The van der Waals surface area contributed by atoms with Crippen LogP contribution in [0.5, 0.6) is 0 Å². The molecule has 1 amide bonds. The van der Waals surface area contributed by atoms with Crippen molar-refractivity contribution in [2.75, 3.05) is 11.4 Å². The van der Waals surface area contributed by atoms with E-state index in [0.29, 0.717) is 12.4 Å². The summed E-state index contributed by atoms with van der Waals surface area (Å²) in [4.78, 5) is 17.4. The Kier molecular flexibility index (Phi) is 2.53. The molecule has 1 aromatic heterocycles. The molecule has 5 heteroatoms. The number of carbonyl (C=O) groups excluding carboxylic acids is 1. The summed E-state index contributed by atoms with van der Waals surface area (Å²) < 4.78 is 4.97. The molecule has 5 nitrogen and oxygen atoms in total. The molecule has 0 spiro atoms. The van der Waals surface area contributed by atoms with Gasteiger partial charge in [-0.3, -0.25) is 9.69 Å². The van der Waals surface area contributed by atoms with E-state index in [1.165, 1.54) is 4.90 Å². The van der Waals surface area contributed by atoms with Crippen LogP contribution in [0.1, 0.15) is 18.7 Å². The third-order valence-electron chi connectivity index (χ3n) is 2.25. The van der Waals surface area contributed by atoms with E-state index >= 15 is 0 Å². The standard InChI is InChI=1S/C10H13N3O2/c1-3-6-13(9(14)8-4-5-8)10-11-7(2)12-15-10/h3,8H,1,4-6H2,2H3. The molecule has 0 radical (unpaired) electrons. The van der Waals surface area contributed by atoms with Gasteiger partial charge in [-0.05, 0) is 19.8 Å². The molecule has 1 saturated carbocycles. The second-order valence-corrected chi connectivity index (χ2v) is 3.64. The lowest BCUT2D eigenvalue weighted by atomic mass is 10.3. The molecule has 0 N–H and O–H groups in total. The number of anilines is 1. The van der Waals surface area contributed by atoms with E-state index in [1.807, 2.05) is 0 Å². The van der Waals surface area contributed by atoms with Gasteiger partial charge in [0.25, 0.3) is 0 Å². The van der Waals surface area contributed by atoms with Crippen molar-refractivity contribution in [2.24, 2.45) is 5.92 Å². The Balaban J connectivity index is 2.17. The molecule has 1 aliphatic rings. The fourth-order valence-electron chi connectivity index (χ4n) is 1.34. The van der Waals surface area contributed by atoms with Crippen LogP contribution >= 0.6 is 0 Å². The lowest BCUT2D eigenvalue weighted by Gasteiger charge is -2.15. The smallest absolute Gasteiger partial charge is 0.315 e. The van der Waals surface area contributed by atoms with Crippen LogP contribution in [0.4, 0.5) is 6.01 Å². The maximum absolute atomic E-state index is 11.9. The van der Waals surface area contributed by atoms with Crippen LogP contribution in [0.2, 0.25) is 0 Å². The first kappa shape index (κ1) is 9.89. The minimum atomic E-state index is 0.0542. The first-order valence-corrected chi connectivity index (χ1v) is 4.95. The Morgan fingerprint density at radius 1 is 1.73 bits per heavy atom. The Labute approximate surface area is 87.8 Å². The van der Waals surface area contributed by atoms with Crippen LogP contribution in [0.15, 0.2) is 17.2 Å². The van der Waals surface area contributed by atoms with Crippen LogP contribution in [0.3, 0.4) is 0 Å². The van der Waals surface area contributed by atoms with Gasteiger partial charge in [-0.1, -0.05) is 11.2 Å². The molecule has 1 aliphatic carbocycles. The van der Waals surface area contributed by atoms with Crippen molar-refractivity contribution in [3.8, 4) is 0 Å². The van der Waals surface area contributed by atoms with E-state index in [1.54, 1.807) is 13.0 Å². The van der Waals surface area contributed by atoms with Crippen LogP contribution in [0.25, 0.3) is 0 Å². The summed E-state index contributed by atoms with van der Waals surface area (Å²) in [6, 6.07) is 0.268. The van der Waals surface area contributed by atoms with Gasteiger partial charge in [-0.15, -0.1) is 6.58 Å². The molecule has 2 rings (SSSR count). The summed E-state index contributed by atoms with van der Waals surface area (Å²) in [5.74, 6) is 0.721. The average Bonchev–Trinajstić information content (AvgIpc) is 2.98. The lowest BCUT2D eigenvalue weighted by molar-refractivity contribution is -0.119. The lowest BCUT2D eigenvalue weighted by Crippen LogP contribution is -2.32. The SMILES string of the molecule is C=CCN(C(=O)C1CC1)c1nc(C)no1. The predicted molar refractivity (Wildman–Crippen MR) is 54.3 cm³/mol. The molecule has 1 fully saturated rings. The number of rotatable bonds is 4. The van der Waals surface area contributed by atoms with Gasteiger partial charge in [0.05, 0.1) is 0 Å². The molecule has 1 aromatic rings. The molecule has 80 valence electrons. The van der Waals surface area contributed by atoms with Gasteiger partial charge in [-0.25, -0.2) is 0 Å². The van der Waals surface area contributed by atoms with Crippen LogP contribution in [-0.2, 0) is 4.79 Å². The molecule has 0 unspecified atom stereocenters. The van der Waals surface area contributed by atoms with E-state index in [-0.39, 0.29) is 17.8 Å². The largest absolute Gasteiger partial charge is 0.331 e. The fraction of sp³-hybridized carbons (Fsp3) is 0.500. The average molecular weight is 207 g/mol. The molecule has 0 aromatic carbocycles. The summed E-state index contributed by atoms with van der Waals surface area (Å²) in [5.41, 5.74) is 0. The second kappa shape index (κ2) is 3.84. The minimum Gasteiger partial charge on any atom is -0.315 e. The molecular formula is C10H13N3O2. The van der Waals surface area contributed by atoms with Crippen molar-refractivity contribution < 1.29 is 9.32 Å². The topological polar surface area (TPSA) is 59.2 Å². The fourth-order valence-corrected chi connectivity index (χ4v) is 1.34. The van der Waals surface area contributed by atoms with Crippen molar-refractivity contribution >= 4 is 11.9 Å². The van der Waals surface area contributed by atoms with Crippen molar-refractivity contribution in [1.29, 1.82) is 0 Å². The summed E-state index contributed by atoms with van der Waals surface area (Å²) >= 11 is 0. The van der Waals surface area contributed by atoms with Crippen LogP contribution in [0, 0.1) is 12.8 Å². The summed E-state index contributed by atoms with van der Waals surface area (Å²) in [7, 11) is 0. The molecule has 0 saturated heterocycles. The maximum Gasteiger partial charge on any atom is 0.331 e. The van der Waals surface area contributed by atoms with Gasteiger partial charge in [0.1, 0.15) is 0 Å². The highest BCUT2D eigenvalue weighted by atomic mass is 16.5. The first-order valence-electron chi connectivity index (χ1n) is 4.95. The zero-order valence-electron chi connectivity index (χ0n) is 8.64. The summed E-state index contributed by atoms with van der Waals surface area (Å²) in [6.45, 7) is 5.75. The monoisotopic (exact) mass is 207 g/mol. The molecule has 0 atom stereocenters. The second-order valence-electron chi connectivity index (χ2n) is 3.64. The van der Waals surface area contributed by atoms with Gasteiger partial charge in [0.2, 0.25) is 5.91 Å². The number of carbonyl (C=O) groups is 1. The molecule has 0 bridgehead atoms. The molecular weight excluding hydrogens is 194 g/mol. The van der Waals surface area contributed by atoms with E-state index < -0.39 is 0 Å². The zero-order valence-corrected chi connectivity index (χ0v) is 8.64. The third kappa shape index (κ3) is 2.06. The summed E-state index contributed by atoms with van der Waals surface area (Å²) in [6.07, 6.45) is 3.57. The van der Waals surface area contributed by atoms with Crippen LogP contribution < -0.4 is 4.90 Å². The van der Waals surface area contributed by atoms with Crippen molar-refractivity contribution in [3.05, 3.63) is 18.5 Å². The number of hydrogen-bond donors (Lipinski definition) is 0. The predicted octanol–water partition coefficient (Wildman–Crippen LogP) is 1.31. The van der Waals surface area contributed by atoms with Gasteiger partial charge < -0.3 is 4.52 Å². The Morgan fingerprint density at radius 2 is 2.47 bits per heavy atom. The normalized spacial score (nSPS) is 15.0. The number of hydrogen-bond acceptors (Lipinski definition) is 4. The number of aromatic nitrogens is 2. The highest BCUT2D eigenvalue weighted by molar-refractivity contribution is 5.94. The first-order chi connectivity index (χ1) is 7.22. The van der Waals surface area contributed by atoms with E-state index in [0.717, 1.165) is 12.8 Å². The Bertz CT molecular complexity index is 382. The van der Waals surface area contributed by atoms with Crippen molar-refractivity contribution in [3.63, 3.8) is 0 Å². The Hall–Kier alpha value is -1.65.